The monoisotopic (exact) mass is 295 g/mol. The molecule has 0 saturated carbocycles. The Labute approximate surface area is 118 Å². The van der Waals surface area contributed by atoms with Gasteiger partial charge in [0.15, 0.2) is 5.75 Å². The summed E-state index contributed by atoms with van der Waals surface area (Å²) in [5.74, 6) is -1.16. The van der Waals surface area contributed by atoms with E-state index in [0.29, 0.717) is 5.75 Å². The summed E-state index contributed by atoms with van der Waals surface area (Å²) in [6.45, 7) is -0.264. The van der Waals surface area contributed by atoms with E-state index in [0.717, 1.165) is 18.2 Å². The van der Waals surface area contributed by atoms with Crippen LogP contribution in [0.2, 0.25) is 0 Å². The Kier molecular flexibility index (Phi) is 4.32. The second-order valence-electron chi connectivity index (χ2n) is 4.12. The molecule has 2 rings (SSSR count). The molecular weight excluding hydrogens is 284 g/mol. The average Bonchev–Trinajstić information content (AvgIpc) is 2.45. The van der Waals surface area contributed by atoms with Gasteiger partial charge in [0.05, 0.1) is 12.0 Å². The third-order valence-electron chi connectivity index (χ3n) is 2.76. The van der Waals surface area contributed by atoms with Gasteiger partial charge in [-0.05, 0) is 18.2 Å². The molecule has 0 N–H and O–H groups in total. The van der Waals surface area contributed by atoms with Gasteiger partial charge in [-0.3, -0.25) is 10.1 Å². The van der Waals surface area contributed by atoms with Gasteiger partial charge in [-0.2, -0.15) is 0 Å². The minimum atomic E-state index is -0.695. The van der Waals surface area contributed by atoms with Crippen LogP contribution in [0.3, 0.4) is 0 Å². The third-order valence-corrected chi connectivity index (χ3v) is 2.76. The molecule has 0 bridgehead atoms. The zero-order chi connectivity index (χ0) is 15.4. The molecule has 2 aromatic carbocycles. The number of ether oxygens (including phenoxy) is 2. The summed E-state index contributed by atoms with van der Waals surface area (Å²) in [5.41, 5.74) is -0.209. The van der Waals surface area contributed by atoms with Gasteiger partial charge in [0, 0.05) is 23.8 Å². The molecule has 0 unspecified atom stereocenters. The van der Waals surface area contributed by atoms with Gasteiger partial charge in [0.2, 0.25) is 0 Å². The lowest BCUT2D eigenvalue weighted by molar-refractivity contribution is -0.386. The smallest absolute Gasteiger partial charge is 0.311 e. The van der Waals surface area contributed by atoms with E-state index in [9.17, 15) is 18.9 Å². The normalized spacial score (nSPS) is 10.2. The number of methoxy groups -OCH3 is 1. The van der Waals surface area contributed by atoms with Crippen LogP contribution in [-0.4, -0.2) is 12.0 Å². The molecule has 0 heterocycles. The quantitative estimate of drug-likeness (QED) is 0.626. The highest BCUT2D eigenvalue weighted by atomic mass is 19.1. The maximum atomic E-state index is 13.7. The van der Waals surface area contributed by atoms with E-state index in [1.165, 1.54) is 25.3 Å². The van der Waals surface area contributed by atoms with Crippen molar-refractivity contribution in [3.8, 4) is 11.5 Å². The van der Waals surface area contributed by atoms with Crippen molar-refractivity contribution in [2.75, 3.05) is 7.11 Å². The number of nitrogens with zero attached hydrogens (tertiary/aromatic N) is 1. The van der Waals surface area contributed by atoms with Crippen molar-refractivity contribution in [3.05, 3.63) is 63.7 Å². The van der Waals surface area contributed by atoms with Crippen molar-refractivity contribution >= 4 is 5.69 Å². The number of hydrogen-bond acceptors (Lipinski definition) is 4. The summed E-state index contributed by atoms with van der Waals surface area (Å²) in [5, 5.41) is 10.8. The van der Waals surface area contributed by atoms with Gasteiger partial charge < -0.3 is 9.47 Å². The summed E-state index contributed by atoms with van der Waals surface area (Å²) in [4.78, 5) is 10.1. The molecule has 0 aromatic heterocycles. The van der Waals surface area contributed by atoms with E-state index in [2.05, 4.69) is 0 Å². The Balaban J connectivity index is 2.20. The van der Waals surface area contributed by atoms with Crippen molar-refractivity contribution in [2.45, 2.75) is 6.61 Å². The van der Waals surface area contributed by atoms with Crippen LogP contribution in [0.1, 0.15) is 5.56 Å². The minimum absolute atomic E-state index is 0.175. The molecule has 2 aromatic rings. The van der Waals surface area contributed by atoms with E-state index in [4.69, 9.17) is 9.47 Å². The topological polar surface area (TPSA) is 61.6 Å². The van der Waals surface area contributed by atoms with Crippen molar-refractivity contribution < 1.29 is 23.2 Å². The molecule has 0 aliphatic carbocycles. The van der Waals surface area contributed by atoms with Crippen molar-refractivity contribution in [1.82, 2.24) is 0 Å². The lowest BCUT2D eigenvalue weighted by Gasteiger charge is -2.08. The average molecular weight is 295 g/mol. The first-order chi connectivity index (χ1) is 10.0. The predicted octanol–water partition coefficient (Wildman–Crippen LogP) is 3.46. The first kappa shape index (κ1) is 14.7. The van der Waals surface area contributed by atoms with E-state index in [1.807, 2.05) is 0 Å². The third kappa shape index (κ3) is 3.44. The first-order valence-corrected chi connectivity index (χ1v) is 5.90. The van der Waals surface area contributed by atoms with Gasteiger partial charge in [-0.1, -0.05) is 0 Å². The van der Waals surface area contributed by atoms with Crippen LogP contribution in [0.4, 0.5) is 14.5 Å². The SMILES string of the molecule is COc1ccc(COc2cc(F)ccc2[N+](=O)[O-])c(F)c1. The fraction of sp³-hybridized carbons (Fsp3) is 0.143. The number of halogens is 2. The first-order valence-electron chi connectivity index (χ1n) is 5.90. The highest BCUT2D eigenvalue weighted by Gasteiger charge is 2.16. The molecule has 0 radical (unpaired) electrons. The standard InChI is InChI=1S/C14H11F2NO4/c1-20-11-4-2-9(12(16)7-11)8-21-14-6-10(15)3-5-13(14)17(18)19/h2-7H,8H2,1H3. The van der Waals surface area contributed by atoms with Gasteiger partial charge in [-0.15, -0.1) is 0 Å². The van der Waals surface area contributed by atoms with Crippen LogP contribution >= 0.6 is 0 Å². The van der Waals surface area contributed by atoms with Crippen LogP contribution in [-0.2, 0) is 6.61 Å². The molecular formula is C14H11F2NO4. The van der Waals surface area contributed by atoms with Crippen LogP contribution in [0.15, 0.2) is 36.4 Å². The largest absolute Gasteiger partial charge is 0.497 e. The summed E-state index contributed by atoms with van der Waals surface area (Å²) in [6.07, 6.45) is 0. The lowest BCUT2D eigenvalue weighted by atomic mass is 10.2. The molecule has 0 aliphatic rings. The van der Waals surface area contributed by atoms with E-state index in [1.54, 1.807) is 0 Å². The van der Waals surface area contributed by atoms with E-state index >= 15 is 0 Å². The van der Waals surface area contributed by atoms with Crippen LogP contribution in [0, 0.1) is 21.7 Å². The fourth-order valence-corrected chi connectivity index (χ4v) is 1.68. The van der Waals surface area contributed by atoms with Crippen molar-refractivity contribution in [3.63, 3.8) is 0 Å². The summed E-state index contributed by atoms with van der Waals surface area (Å²) < 4.78 is 36.8. The van der Waals surface area contributed by atoms with Crippen LogP contribution in [0.5, 0.6) is 11.5 Å². The molecule has 0 amide bonds. The Morgan fingerprint density at radius 1 is 1.19 bits per heavy atom. The van der Waals surface area contributed by atoms with Crippen molar-refractivity contribution in [2.24, 2.45) is 0 Å². The molecule has 0 aliphatic heterocycles. The Morgan fingerprint density at radius 3 is 2.57 bits per heavy atom. The number of rotatable bonds is 5. The number of hydrogen-bond donors (Lipinski definition) is 0. The highest BCUT2D eigenvalue weighted by Crippen LogP contribution is 2.28. The Morgan fingerprint density at radius 2 is 1.95 bits per heavy atom. The van der Waals surface area contributed by atoms with Gasteiger partial charge in [0.25, 0.3) is 0 Å². The summed E-state index contributed by atoms with van der Waals surface area (Å²) in [7, 11) is 1.40. The highest BCUT2D eigenvalue weighted by molar-refractivity contribution is 5.46. The van der Waals surface area contributed by atoms with Crippen LogP contribution in [0.25, 0.3) is 0 Å². The Bertz CT molecular complexity index is 676. The molecule has 0 spiro atoms. The zero-order valence-corrected chi connectivity index (χ0v) is 11.0. The molecule has 7 heteroatoms. The molecule has 0 fully saturated rings. The number of benzene rings is 2. The number of nitro benzene ring substituents is 1. The molecule has 0 atom stereocenters. The molecule has 21 heavy (non-hydrogen) atoms. The minimum Gasteiger partial charge on any atom is -0.497 e. The van der Waals surface area contributed by atoms with Crippen molar-refractivity contribution in [1.29, 1.82) is 0 Å². The summed E-state index contributed by atoms with van der Waals surface area (Å²) in [6, 6.07) is 6.97. The van der Waals surface area contributed by atoms with Crippen LogP contribution < -0.4 is 9.47 Å². The second kappa shape index (κ2) is 6.17. The predicted molar refractivity (Wildman–Crippen MR) is 70.3 cm³/mol. The van der Waals surface area contributed by atoms with E-state index in [-0.39, 0.29) is 23.6 Å². The number of nitro groups is 1. The van der Waals surface area contributed by atoms with E-state index < -0.39 is 16.6 Å². The molecule has 5 nitrogen and oxygen atoms in total. The summed E-state index contributed by atoms with van der Waals surface area (Å²) >= 11 is 0. The molecule has 0 saturated heterocycles. The second-order valence-corrected chi connectivity index (χ2v) is 4.12. The maximum absolute atomic E-state index is 13.7. The zero-order valence-electron chi connectivity index (χ0n) is 11.0. The molecule has 110 valence electrons. The van der Waals surface area contributed by atoms with Gasteiger partial charge in [0.1, 0.15) is 24.0 Å². The van der Waals surface area contributed by atoms with Gasteiger partial charge in [-0.25, -0.2) is 8.78 Å². The maximum Gasteiger partial charge on any atom is 0.311 e. The lowest BCUT2D eigenvalue weighted by Crippen LogP contribution is -2.02. The Hall–Kier alpha value is -2.70. The fourth-order valence-electron chi connectivity index (χ4n) is 1.68. The van der Waals surface area contributed by atoms with Gasteiger partial charge >= 0.3 is 5.69 Å².